The fourth-order valence-corrected chi connectivity index (χ4v) is 4.62. The lowest BCUT2D eigenvalue weighted by Crippen LogP contribution is -2.38. The van der Waals surface area contributed by atoms with Gasteiger partial charge in [-0.2, -0.15) is 0 Å². The van der Waals surface area contributed by atoms with Crippen molar-refractivity contribution in [3.8, 4) is 5.75 Å². The number of hydrogen-bond donors (Lipinski definition) is 1. The average molecular weight is 489 g/mol. The van der Waals surface area contributed by atoms with E-state index < -0.39 is 15.9 Å². The van der Waals surface area contributed by atoms with E-state index in [1.54, 1.807) is 54.6 Å². The molecule has 0 saturated heterocycles. The van der Waals surface area contributed by atoms with E-state index in [4.69, 9.17) is 4.74 Å². The number of ether oxygens (including phenoxy) is 1. The number of nitrogens with one attached hydrogen (secondary N) is 1. The lowest BCUT2D eigenvalue weighted by Gasteiger charge is -2.24. The molecule has 0 atom stereocenters. The van der Waals surface area contributed by atoms with Gasteiger partial charge in [0.2, 0.25) is 5.91 Å². The summed E-state index contributed by atoms with van der Waals surface area (Å²) in [5, 5.41) is 2.74. The number of carbonyl (C=O) groups excluding carboxylic acids is 1. The van der Waals surface area contributed by atoms with Crippen molar-refractivity contribution >= 4 is 43.2 Å². The standard InChI is InChI=1S/C22H21BrN2O4S/c1-16-6-12-21(13-7-16)30(27,28)25(19-8-10-20(29-2)11-9-19)15-22(26)24-18-5-3-4-17(23)14-18/h3-14H,15H2,1-2H3,(H,24,26). The van der Waals surface area contributed by atoms with Crippen LogP contribution in [0.15, 0.2) is 82.2 Å². The van der Waals surface area contributed by atoms with Gasteiger partial charge in [-0.1, -0.05) is 39.7 Å². The fourth-order valence-electron chi connectivity index (χ4n) is 2.80. The minimum atomic E-state index is -3.96. The van der Waals surface area contributed by atoms with Crippen molar-refractivity contribution < 1.29 is 17.9 Å². The van der Waals surface area contributed by atoms with Crippen LogP contribution < -0.4 is 14.4 Å². The minimum Gasteiger partial charge on any atom is -0.497 e. The van der Waals surface area contributed by atoms with Crippen molar-refractivity contribution in [2.75, 3.05) is 23.3 Å². The maximum absolute atomic E-state index is 13.3. The van der Waals surface area contributed by atoms with Crippen molar-refractivity contribution in [3.05, 3.63) is 82.8 Å². The summed E-state index contributed by atoms with van der Waals surface area (Å²) >= 11 is 3.35. The Morgan fingerprint density at radius 2 is 1.70 bits per heavy atom. The van der Waals surface area contributed by atoms with Gasteiger partial charge in [0.05, 0.1) is 17.7 Å². The molecule has 0 spiro atoms. The number of sulfonamides is 1. The van der Waals surface area contributed by atoms with Gasteiger partial charge in [0.1, 0.15) is 12.3 Å². The van der Waals surface area contributed by atoms with Gasteiger partial charge in [0.25, 0.3) is 10.0 Å². The average Bonchev–Trinajstić information content (AvgIpc) is 2.72. The van der Waals surface area contributed by atoms with E-state index in [-0.39, 0.29) is 11.4 Å². The highest BCUT2D eigenvalue weighted by atomic mass is 79.9. The molecular formula is C22H21BrN2O4S. The number of hydrogen-bond acceptors (Lipinski definition) is 4. The van der Waals surface area contributed by atoms with Crippen LogP contribution in [0.5, 0.6) is 5.75 Å². The smallest absolute Gasteiger partial charge is 0.264 e. The van der Waals surface area contributed by atoms with Gasteiger partial charge in [-0.05, 0) is 61.5 Å². The Bertz CT molecular complexity index is 1130. The molecule has 3 aromatic rings. The second-order valence-electron chi connectivity index (χ2n) is 6.58. The van der Waals surface area contributed by atoms with Crippen LogP contribution in [0.25, 0.3) is 0 Å². The van der Waals surface area contributed by atoms with Crippen molar-refractivity contribution in [2.24, 2.45) is 0 Å². The molecule has 0 aromatic heterocycles. The van der Waals surface area contributed by atoms with Gasteiger partial charge in [-0.3, -0.25) is 9.10 Å². The molecule has 0 radical (unpaired) electrons. The molecule has 3 aromatic carbocycles. The SMILES string of the molecule is COc1ccc(N(CC(=O)Nc2cccc(Br)c2)S(=O)(=O)c2ccc(C)cc2)cc1. The molecule has 0 heterocycles. The molecule has 0 aliphatic heterocycles. The second kappa shape index (κ2) is 9.32. The van der Waals surface area contributed by atoms with E-state index in [2.05, 4.69) is 21.2 Å². The number of nitrogens with zero attached hydrogens (tertiary/aromatic N) is 1. The van der Waals surface area contributed by atoms with Crippen molar-refractivity contribution in [2.45, 2.75) is 11.8 Å². The zero-order valence-electron chi connectivity index (χ0n) is 16.5. The summed E-state index contributed by atoms with van der Waals surface area (Å²) in [5.41, 5.74) is 1.87. The molecule has 0 saturated carbocycles. The van der Waals surface area contributed by atoms with Crippen LogP contribution in [0.4, 0.5) is 11.4 Å². The Hall–Kier alpha value is -2.84. The Kier molecular flexibility index (Phi) is 6.79. The van der Waals surface area contributed by atoms with Gasteiger partial charge in [-0.25, -0.2) is 8.42 Å². The van der Waals surface area contributed by atoms with Crippen LogP contribution in [-0.2, 0) is 14.8 Å². The van der Waals surface area contributed by atoms with Crippen molar-refractivity contribution in [1.29, 1.82) is 0 Å². The third kappa shape index (κ3) is 5.20. The number of carbonyl (C=O) groups is 1. The van der Waals surface area contributed by atoms with Crippen molar-refractivity contribution in [1.82, 2.24) is 0 Å². The van der Waals surface area contributed by atoms with Crippen LogP contribution in [-0.4, -0.2) is 28.0 Å². The maximum Gasteiger partial charge on any atom is 0.264 e. The number of anilines is 2. The van der Waals surface area contributed by atoms with Crippen LogP contribution in [0.3, 0.4) is 0 Å². The summed E-state index contributed by atoms with van der Waals surface area (Å²) in [7, 11) is -2.43. The first-order valence-corrected chi connectivity index (χ1v) is 11.3. The highest BCUT2D eigenvalue weighted by Gasteiger charge is 2.27. The Labute approximate surface area is 184 Å². The largest absolute Gasteiger partial charge is 0.497 e. The zero-order valence-corrected chi connectivity index (χ0v) is 18.9. The molecule has 30 heavy (non-hydrogen) atoms. The second-order valence-corrected chi connectivity index (χ2v) is 9.36. The first-order valence-electron chi connectivity index (χ1n) is 9.08. The first kappa shape index (κ1) is 21.9. The molecule has 0 aliphatic rings. The molecule has 156 valence electrons. The number of halogens is 1. The molecule has 1 N–H and O–H groups in total. The third-order valence-electron chi connectivity index (χ3n) is 4.36. The normalized spacial score (nSPS) is 11.0. The molecule has 0 unspecified atom stereocenters. The summed E-state index contributed by atoms with van der Waals surface area (Å²) in [6.07, 6.45) is 0. The summed E-state index contributed by atoms with van der Waals surface area (Å²) in [6.45, 7) is 1.50. The van der Waals surface area contributed by atoms with E-state index in [9.17, 15) is 13.2 Å². The predicted octanol–water partition coefficient (Wildman–Crippen LogP) is 4.60. The maximum atomic E-state index is 13.3. The zero-order chi connectivity index (χ0) is 21.7. The van der Waals surface area contributed by atoms with Crippen molar-refractivity contribution in [3.63, 3.8) is 0 Å². The highest BCUT2D eigenvalue weighted by molar-refractivity contribution is 9.10. The van der Waals surface area contributed by atoms with Crippen LogP contribution in [0, 0.1) is 6.92 Å². The van der Waals surface area contributed by atoms with Gasteiger partial charge in [0, 0.05) is 10.2 Å². The molecule has 6 nitrogen and oxygen atoms in total. The van der Waals surface area contributed by atoms with Gasteiger partial charge < -0.3 is 10.1 Å². The van der Waals surface area contributed by atoms with E-state index in [1.165, 1.54) is 19.2 Å². The molecule has 8 heteroatoms. The monoisotopic (exact) mass is 488 g/mol. The van der Waals surface area contributed by atoms with Crippen LogP contribution in [0.2, 0.25) is 0 Å². The molecule has 3 rings (SSSR count). The first-order chi connectivity index (χ1) is 14.3. The molecule has 1 amide bonds. The number of rotatable bonds is 7. The van der Waals surface area contributed by atoms with Crippen LogP contribution in [0.1, 0.15) is 5.56 Å². The molecular weight excluding hydrogens is 468 g/mol. The minimum absolute atomic E-state index is 0.110. The molecule has 0 aliphatic carbocycles. The van der Waals surface area contributed by atoms with E-state index >= 15 is 0 Å². The third-order valence-corrected chi connectivity index (χ3v) is 6.65. The Balaban J connectivity index is 1.94. The highest BCUT2D eigenvalue weighted by Crippen LogP contribution is 2.26. The summed E-state index contributed by atoms with van der Waals surface area (Å²) in [5.74, 6) is 0.129. The number of amides is 1. The lowest BCUT2D eigenvalue weighted by atomic mass is 10.2. The Morgan fingerprint density at radius 3 is 2.30 bits per heavy atom. The molecule has 0 fully saturated rings. The summed E-state index contributed by atoms with van der Waals surface area (Å²) in [4.78, 5) is 12.8. The number of benzene rings is 3. The molecule has 0 bridgehead atoms. The number of methoxy groups -OCH3 is 1. The van der Waals surface area contributed by atoms with Gasteiger partial charge >= 0.3 is 0 Å². The predicted molar refractivity (Wildman–Crippen MR) is 121 cm³/mol. The summed E-state index contributed by atoms with van der Waals surface area (Å²) in [6, 6.07) is 20.1. The Morgan fingerprint density at radius 1 is 1.03 bits per heavy atom. The number of aryl methyl sites for hydroxylation is 1. The quantitative estimate of drug-likeness (QED) is 0.527. The van der Waals surface area contributed by atoms with E-state index in [0.717, 1.165) is 14.3 Å². The van der Waals surface area contributed by atoms with E-state index in [1.807, 2.05) is 13.0 Å². The summed E-state index contributed by atoms with van der Waals surface area (Å²) < 4.78 is 33.7. The van der Waals surface area contributed by atoms with E-state index in [0.29, 0.717) is 17.1 Å². The fraction of sp³-hybridized carbons (Fsp3) is 0.136. The van der Waals surface area contributed by atoms with Gasteiger partial charge in [0.15, 0.2) is 0 Å². The topological polar surface area (TPSA) is 75.7 Å². The van der Waals surface area contributed by atoms with Crippen LogP contribution >= 0.6 is 15.9 Å². The lowest BCUT2D eigenvalue weighted by molar-refractivity contribution is -0.114. The van der Waals surface area contributed by atoms with Gasteiger partial charge in [-0.15, -0.1) is 0 Å².